The predicted molar refractivity (Wildman–Crippen MR) is 99.0 cm³/mol. The highest BCUT2D eigenvalue weighted by Crippen LogP contribution is 2.35. The third kappa shape index (κ3) is 5.24. The topological polar surface area (TPSA) is 91.3 Å². The Kier molecular flexibility index (Phi) is 6.82. The summed E-state index contributed by atoms with van der Waals surface area (Å²) in [4.78, 5) is 23.0. The molecule has 7 heteroatoms. The van der Waals surface area contributed by atoms with Gasteiger partial charge in [-0.2, -0.15) is 0 Å². The van der Waals surface area contributed by atoms with Gasteiger partial charge in [-0.3, -0.25) is 4.79 Å². The van der Waals surface area contributed by atoms with Gasteiger partial charge in [0.1, 0.15) is 11.5 Å². The molecule has 0 aliphatic rings. The Labute approximate surface area is 156 Å². The van der Waals surface area contributed by atoms with E-state index in [2.05, 4.69) is 0 Å². The molecule has 0 atom stereocenters. The second kappa shape index (κ2) is 9.28. The molecule has 0 spiro atoms. The Balaban J connectivity index is 2.23. The van der Waals surface area contributed by atoms with Gasteiger partial charge in [-0.15, -0.1) is 0 Å². The van der Waals surface area contributed by atoms with Crippen molar-refractivity contribution in [3.63, 3.8) is 0 Å². The highest BCUT2D eigenvalue weighted by atomic mass is 16.5. The van der Waals surface area contributed by atoms with E-state index in [0.29, 0.717) is 34.1 Å². The number of hydrogen-bond acceptors (Lipinski definition) is 6. The van der Waals surface area contributed by atoms with Gasteiger partial charge >= 0.3 is 5.97 Å². The van der Waals surface area contributed by atoms with Crippen molar-refractivity contribution in [2.75, 3.05) is 27.9 Å². The fourth-order valence-corrected chi connectivity index (χ4v) is 2.33. The smallest absolute Gasteiger partial charge is 0.341 e. The molecule has 1 N–H and O–H groups in total. The Hall–Kier alpha value is -3.48. The molecule has 0 fully saturated rings. The van der Waals surface area contributed by atoms with Crippen LogP contribution in [0.3, 0.4) is 0 Å². The van der Waals surface area contributed by atoms with E-state index in [9.17, 15) is 9.59 Å². The highest BCUT2D eigenvalue weighted by molar-refractivity contribution is 6.07. The first-order valence-electron chi connectivity index (χ1n) is 7.95. The van der Waals surface area contributed by atoms with Gasteiger partial charge in [0.05, 0.1) is 21.3 Å². The Morgan fingerprint density at radius 2 is 1.63 bits per heavy atom. The highest BCUT2D eigenvalue weighted by Gasteiger charge is 2.11. The lowest BCUT2D eigenvalue weighted by Gasteiger charge is -2.12. The quantitative estimate of drug-likeness (QED) is 0.534. The first-order valence-corrected chi connectivity index (χ1v) is 7.95. The van der Waals surface area contributed by atoms with E-state index in [1.807, 2.05) is 0 Å². The predicted octanol–water partition coefficient (Wildman–Crippen LogP) is 3.07. The first-order chi connectivity index (χ1) is 13.0. The number of carbonyl (C=O) groups is 2. The maximum atomic E-state index is 12.4. The SMILES string of the molecule is COc1cc(OC)c(OC)cc1/C=C/C(=O)c1cccc(OCC(=O)O)c1. The fraction of sp³-hybridized carbons (Fsp3) is 0.200. The van der Waals surface area contributed by atoms with E-state index in [4.69, 9.17) is 24.1 Å². The van der Waals surface area contributed by atoms with Crippen molar-refractivity contribution in [3.8, 4) is 23.0 Å². The Bertz CT molecular complexity index is 855. The van der Waals surface area contributed by atoms with Gasteiger partial charge < -0.3 is 24.1 Å². The molecule has 27 heavy (non-hydrogen) atoms. The van der Waals surface area contributed by atoms with Crippen LogP contribution in [0.25, 0.3) is 6.08 Å². The number of ketones is 1. The van der Waals surface area contributed by atoms with Crippen molar-refractivity contribution in [1.82, 2.24) is 0 Å². The van der Waals surface area contributed by atoms with Crippen LogP contribution in [-0.4, -0.2) is 44.8 Å². The van der Waals surface area contributed by atoms with Crippen molar-refractivity contribution in [1.29, 1.82) is 0 Å². The number of carboxylic acids is 1. The number of benzene rings is 2. The van der Waals surface area contributed by atoms with E-state index in [1.165, 1.54) is 33.5 Å². The van der Waals surface area contributed by atoms with Gasteiger partial charge in [-0.25, -0.2) is 4.79 Å². The zero-order valence-electron chi connectivity index (χ0n) is 15.2. The van der Waals surface area contributed by atoms with Crippen molar-refractivity contribution >= 4 is 17.8 Å². The average molecular weight is 372 g/mol. The molecule has 0 heterocycles. The van der Waals surface area contributed by atoms with Crippen molar-refractivity contribution in [2.24, 2.45) is 0 Å². The number of carbonyl (C=O) groups excluding carboxylic acids is 1. The molecule has 7 nitrogen and oxygen atoms in total. The standard InChI is InChI=1S/C20H20O7/c1-24-17-11-19(26-3)18(25-2)10-14(17)7-8-16(21)13-5-4-6-15(9-13)27-12-20(22)23/h4-11H,12H2,1-3H3,(H,22,23)/b8-7+. The number of ether oxygens (including phenoxy) is 4. The normalized spacial score (nSPS) is 10.5. The minimum Gasteiger partial charge on any atom is -0.496 e. The molecule has 0 saturated heterocycles. The number of methoxy groups -OCH3 is 3. The second-order valence-corrected chi connectivity index (χ2v) is 5.36. The number of aliphatic carboxylic acids is 1. The van der Waals surface area contributed by atoms with Gasteiger partial charge in [-0.1, -0.05) is 12.1 Å². The third-order valence-corrected chi connectivity index (χ3v) is 3.63. The molecule has 2 aromatic rings. The van der Waals surface area contributed by atoms with E-state index in [0.717, 1.165) is 0 Å². The summed E-state index contributed by atoms with van der Waals surface area (Å²) < 4.78 is 20.9. The van der Waals surface area contributed by atoms with Crippen LogP contribution in [0.1, 0.15) is 15.9 Å². The molecule has 142 valence electrons. The molecule has 2 rings (SSSR count). The van der Waals surface area contributed by atoms with Gasteiger partial charge in [0.15, 0.2) is 23.9 Å². The molecule has 0 aliphatic carbocycles. The molecule has 0 bridgehead atoms. The molecule has 2 aromatic carbocycles. The van der Waals surface area contributed by atoms with Gasteiger partial charge in [0, 0.05) is 17.2 Å². The van der Waals surface area contributed by atoms with Crippen LogP contribution in [0.5, 0.6) is 23.0 Å². The van der Waals surface area contributed by atoms with E-state index in [-0.39, 0.29) is 5.78 Å². The molecule has 0 aliphatic heterocycles. The number of allylic oxidation sites excluding steroid dienone is 1. The van der Waals surface area contributed by atoms with Gasteiger partial charge in [0.2, 0.25) is 0 Å². The zero-order valence-corrected chi connectivity index (χ0v) is 15.2. The zero-order chi connectivity index (χ0) is 19.8. The summed E-state index contributed by atoms with van der Waals surface area (Å²) in [5.41, 5.74) is 1.01. The monoisotopic (exact) mass is 372 g/mol. The summed E-state index contributed by atoms with van der Waals surface area (Å²) in [5.74, 6) is 0.492. The lowest BCUT2D eigenvalue weighted by atomic mass is 10.1. The fourth-order valence-electron chi connectivity index (χ4n) is 2.33. The minimum atomic E-state index is -1.09. The van der Waals surface area contributed by atoms with E-state index < -0.39 is 12.6 Å². The molecular formula is C20H20O7. The molecular weight excluding hydrogens is 352 g/mol. The average Bonchev–Trinajstić information content (AvgIpc) is 2.69. The summed E-state index contributed by atoms with van der Waals surface area (Å²) >= 11 is 0. The molecule has 0 unspecified atom stereocenters. The number of rotatable bonds is 9. The summed E-state index contributed by atoms with van der Waals surface area (Å²) in [5, 5.41) is 8.66. The summed E-state index contributed by atoms with van der Waals surface area (Å²) in [6.07, 6.45) is 2.99. The second-order valence-electron chi connectivity index (χ2n) is 5.36. The van der Waals surface area contributed by atoms with Crippen molar-refractivity contribution in [2.45, 2.75) is 0 Å². The lowest BCUT2D eigenvalue weighted by molar-refractivity contribution is -0.139. The van der Waals surface area contributed by atoms with E-state index in [1.54, 1.807) is 36.4 Å². The van der Waals surface area contributed by atoms with E-state index >= 15 is 0 Å². The van der Waals surface area contributed by atoms with Crippen molar-refractivity contribution < 1.29 is 33.6 Å². The molecule has 0 saturated carbocycles. The van der Waals surface area contributed by atoms with Crippen LogP contribution < -0.4 is 18.9 Å². The number of carboxylic acid groups (broad SMARTS) is 1. The lowest BCUT2D eigenvalue weighted by Crippen LogP contribution is -2.09. The first kappa shape index (κ1) is 19.8. The summed E-state index contributed by atoms with van der Waals surface area (Å²) in [6, 6.07) is 9.68. The van der Waals surface area contributed by atoms with Crippen LogP contribution >= 0.6 is 0 Å². The molecule has 0 radical (unpaired) electrons. The van der Waals surface area contributed by atoms with Crippen LogP contribution in [0, 0.1) is 0 Å². The molecule has 0 amide bonds. The Morgan fingerprint density at radius 3 is 2.26 bits per heavy atom. The summed E-state index contributed by atoms with van der Waals surface area (Å²) in [6.45, 7) is -0.476. The van der Waals surface area contributed by atoms with Crippen LogP contribution in [-0.2, 0) is 4.79 Å². The Morgan fingerprint density at radius 1 is 0.963 bits per heavy atom. The van der Waals surface area contributed by atoms with Gasteiger partial charge in [-0.05, 0) is 30.4 Å². The maximum Gasteiger partial charge on any atom is 0.341 e. The maximum absolute atomic E-state index is 12.4. The summed E-state index contributed by atoms with van der Waals surface area (Å²) in [7, 11) is 4.56. The number of hydrogen-bond donors (Lipinski definition) is 1. The third-order valence-electron chi connectivity index (χ3n) is 3.63. The van der Waals surface area contributed by atoms with Crippen molar-refractivity contribution in [3.05, 3.63) is 53.6 Å². The van der Waals surface area contributed by atoms with Crippen LogP contribution in [0.2, 0.25) is 0 Å². The minimum absolute atomic E-state index is 0.271. The molecule has 0 aromatic heterocycles. The van der Waals surface area contributed by atoms with Crippen LogP contribution in [0.4, 0.5) is 0 Å². The van der Waals surface area contributed by atoms with Gasteiger partial charge in [0.25, 0.3) is 0 Å². The largest absolute Gasteiger partial charge is 0.496 e. The van der Waals surface area contributed by atoms with Crippen LogP contribution in [0.15, 0.2) is 42.5 Å².